The van der Waals surface area contributed by atoms with Crippen LogP contribution in [0.4, 0.5) is 0 Å². The Hall–Kier alpha value is -2.15. The fourth-order valence-corrected chi connectivity index (χ4v) is 3.15. The van der Waals surface area contributed by atoms with Gasteiger partial charge in [0.2, 0.25) is 0 Å². The monoisotopic (exact) mass is 392 g/mol. The lowest BCUT2D eigenvalue weighted by Gasteiger charge is -2.11. The zero-order chi connectivity index (χ0) is 15.1. The van der Waals surface area contributed by atoms with E-state index in [1.165, 1.54) is 6.07 Å². The van der Waals surface area contributed by atoms with Crippen LogP contribution < -0.4 is 0 Å². The van der Waals surface area contributed by atoms with Crippen LogP contribution in [0.15, 0.2) is 42.5 Å². The first-order valence-corrected chi connectivity index (χ1v) is 7.19. The van der Waals surface area contributed by atoms with Gasteiger partial charge in [-0.25, -0.2) is 9.59 Å². The lowest BCUT2D eigenvalue weighted by molar-refractivity contribution is 0.0696. The minimum atomic E-state index is -1.13. The van der Waals surface area contributed by atoms with Crippen LogP contribution in [0.5, 0.6) is 0 Å². The van der Waals surface area contributed by atoms with E-state index in [0.717, 1.165) is 8.96 Å². The predicted octanol–water partition coefficient (Wildman–Crippen LogP) is 3.99. The normalized spacial score (nSPS) is 10.9. The van der Waals surface area contributed by atoms with Gasteiger partial charge in [-0.15, -0.1) is 0 Å². The zero-order valence-electron chi connectivity index (χ0n) is 10.6. The molecule has 0 aliphatic rings. The summed E-state index contributed by atoms with van der Waals surface area (Å²) >= 11 is 2.09. The van der Waals surface area contributed by atoms with E-state index in [1.54, 1.807) is 18.2 Å². The number of aromatic carboxylic acids is 2. The number of carboxylic acid groups (broad SMARTS) is 2. The highest BCUT2D eigenvalue weighted by Gasteiger charge is 2.20. The Bertz CT molecular complexity index is 915. The first-order chi connectivity index (χ1) is 10.0. The standard InChI is InChI=1S/C16H9IO4/c17-12-6-5-10(15(18)19)13-11(12)7-8-3-1-2-4-9(8)14(13)16(20)21/h1-7H,(H,18,19)(H,20,21). The molecule has 0 saturated carbocycles. The molecule has 3 aromatic rings. The van der Waals surface area contributed by atoms with Crippen molar-refractivity contribution in [3.63, 3.8) is 0 Å². The molecule has 0 bridgehead atoms. The van der Waals surface area contributed by atoms with Crippen LogP contribution in [-0.2, 0) is 0 Å². The second-order valence-electron chi connectivity index (χ2n) is 4.60. The summed E-state index contributed by atoms with van der Waals surface area (Å²) in [7, 11) is 0. The van der Waals surface area contributed by atoms with E-state index in [4.69, 9.17) is 0 Å². The van der Waals surface area contributed by atoms with Gasteiger partial charge < -0.3 is 10.2 Å². The predicted molar refractivity (Wildman–Crippen MR) is 88.1 cm³/mol. The van der Waals surface area contributed by atoms with Crippen molar-refractivity contribution in [2.24, 2.45) is 0 Å². The molecule has 4 nitrogen and oxygen atoms in total. The van der Waals surface area contributed by atoms with Gasteiger partial charge in [-0.1, -0.05) is 24.3 Å². The number of rotatable bonds is 2. The Kier molecular flexibility index (Phi) is 3.29. The Labute approximate surface area is 133 Å². The maximum absolute atomic E-state index is 11.7. The van der Waals surface area contributed by atoms with Crippen LogP contribution in [0, 0.1) is 3.57 Å². The third-order valence-corrected chi connectivity index (χ3v) is 4.36. The van der Waals surface area contributed by atoms with E-state index >= 15 is 0 Å². The van der Waals surface area contributed by atoms with Crippen LogP contribution >= 0.6 is 22.6 Å². The highest BCUT2D eigenvalue weighted by Crippen LogP contribution is 2.33. The Morgan fingerprint density at radius 3 is 2.29 bits per heavy atom. The van der Waals surface area contributed by atoms with Gasteiger partial charge >= 0.3 is 11.9 Å². The van der Waals surface area contributed by atoms with Gasteiger partial charge in [0.25, 0.3) is 0 Å². The van der Waals surface area contributed by atoms with Crippen molar-refractivity contribution in [1.82, 2.24) is 0 Å². The summed E-state index contributed by atoms with van der Waals surface area (Å²) in [5.41, 5.74) is 0.0487. The van der Waals surface area contributed by atoms with E-state index in [2.05, 4.69) is 22.6 Å². The molecule has 104 valence electrons. The van der Waals surface area contributed by atoms with Crippen LogP contribution in [0.2, 0.25) is 0 Å². The Balaban J connectivity index is 2.67. The number of carbonyl (C=O) groups is 2. The summed E-state index contributed by atoms with van der Waals surface area (Å²) in [6, 6.07) is 12.1. The van der Waals surface area contributed by atoms with Gasteiger partial charge in [-0.05, 0) is 56.9 Å². The number of hydrogen-bond donors (Lipinski definition) is 2. The van der Waals surface area contributed by atoms with Crippen LogP contribution in [0.1, 0.15) is 20.7 Å². The van der Waals surface area contributed by atoms with Gasteiger partial charge in [0.05, 0.1) is 11.1 Å². The van der Waals surface area contributed by atoms with E-state index in [-0.39, 0.29) is 16.5 Å². The molecule has 0 radical (unpaired) electrons. The summed E-state index contributed by atoms with van der Waals surface area (Å²) in [6.45, 7) is 0. The average molecular weight is 392 g/mol. The number of hydrogen-bond acceptors (Lipinski definition) is 2. The quantitative estimate of drug-likeness (QED) is 0.511. The summed E-state index contributed by atoms with van der Waals surface area (Å²) in [5, 5.41) is 21.2. The van der Waals surface area contributed by atoms with Crippen LogP contribution in [0.25, 0.3) is 21.5 Å². The molecule has 2 N–H and O–H groups in total. The maximum Gasteiger partial charge on any atom is 0.336 e. The molecule has 0 aromatic heterocycles. The molecule has 0 saturated heterocycles. The fourth-order valence-electron chi connectivity index (χ4n) is 2.55. The molecular weight excluding hydrogens is 383 g/mol. The van der Waals surface area contributed by atoms with Crippen LogP contribution in [0.3, 0.4) is 0 Å². The SMILES string of the molecule is O=C(O)c1ccc(I)c2cc3ccccc3c(C(=O)O)c12. The summed E-state index contributed by atoms with van der Waals surface area (Å²) in [6.07, 6.45) is 0. The molecule has 3 aromatic carbocycles. The number of halogens is 1. The molecule has 0 amide bonds. The number of fused-ring (bicyclic) bond motifs is 2. The van der Waals surface area contributed by atoms with Gasteiger partial charge in [0.15, 0.2) is 0 Å². The summed E-state index contributed by atoms with van der Waals surface area (Å²) < 4.78 is 0.820. The molecule has 0 heterocycles. The lowest BCUT2D eigenvalue weighted by atomic mass is 9.93. The molecule has 5 heteroatoms. The van der Waals surface area contributed by atoms with E-state index < -0.39 is 11.9 Å². The molecule has 3 rings (SSSR count). The molecular formula is C16H9IO4. The van der Waals surface area contributed by atoms with Crippen molar-refractivity contribution in [1.29, 1.82) is 0 Å². The highest BCUT2D eigenvalue weighted by atomic mass is 127. The Morgan fingerprint density at radius 1 is 0.905 bits per heavy atom. The maximum atomic E-state index is 11.7. The smallest absolute Gasteiger partial charge is 0.336 e. The molecule has 0 fully saturated rings. The van der Waals surface area contributed by atoms with Crippen molar-refractivity contribution < 1.29 is 19.8 Å². The minimum absolute atomic E-state index is 0.00793. The molecule has 0 aliphatic carbocycles. The molecule has 0 unspecified atom stereocenters. The summed E-state index contributed by atoms with van der Waals surface area (Å²) in [5.74, 6) is -2.25. The minimum Gasteiger partial charge on any atom is -0.478 e. The van der Waals surface area contributed by atoms with Gasteiger partial charge in [-0.2, -0.15) is 0 Å². The second-order valence-corrected chi connectivity index (χ2v) is 5.76. The van der Waals surface area contributed by atoms with Crippen molar-refractivity contribution in [2.45, 2.75) is 0 Å². The average Bonchev–Trinajstić information content (AvgIpc) is 2.45. The van der Waals surface area contributed by atoms with Crippen molar-refractivity contribution in [2.75, 3.05) is 0 Å². The highest BCUT2D eigenvalue weighted by molar-refractivity contribution is 14.1. The summed E-state index contributed by atoms with van der Waals surface area (Å²) in [4.78, 5) is 23.2. The van der Waals surface area contributed by atoms with E-state index in [0.29, 0.717) is 10.8 Å². The van der Waals surface area contributed by atoms with Crippen molar-refractivity contribution in [3.05, 3.63) is 57.2 Å². The van der Waals surface area contributed by atoms with Gasteiger partial charge in [-0.3, -0.25) is 0 Å². The first-order valence-electron chi connectivity index (χ1n) is 6.11. The molecule has 21 heavy (non-hydrogen) atoms. The van der Waals surface area contributed by atoms with E-state index in [1.807, 2.05) is 18.2 Å². The van der Waals surface area contributed by atoms with Gasteiger partial charge in [0.1, 0.15) is 0 Å². The lowest BCUT2D eigenvalue weighted by Crippen LogP contribution is -2.06. The number of carboxylic acids is 2. The van der Waals surface area contributed by atoms with Crippen molar-refractivity contribution in [3.8, 4) is 0 Å². The second kappa shape index (κ2) is 5.00. The Morgan fingerprint density at radius 2 is 1.62 bits per heavy atom. The fraction of sp³-hybridized carbons (Fsp3) is 0. The number of benzene rings is 3. The molecule has 0 aliphatic heterocycles. The van der Waals surface area contributed by atoms with Gasteiger partial charge in [0, 0.05) is 8.96 Å². The van der Waals surface area contributed by atoms with E-state index in [9.17, 15) is 19.8 Å². The first kappa shape index (κ1) is 13.8. The molecule has 0 atom stereocenters. The van der Waals surface area contributed by atoms with Crippen molar-refractivity contribution >= 4 is 56.1 Å². The molecule has 0 spiro atoms. The topological polar surface area (TPSA) is 74.6 Å². The third kappa shape index (κ3) is 2.13. The zero-order valence-corrected chi connectivity index (χ0v) is 12.8. The largest absolute Gasteiger partial charge is 0.478 e. The van der Waals surface area contributed by atoms with Crippen LogP contribution in [-0.4, -0.2) is 22.2 Å². The third-order valence-electron chi connectivity index (χ3n) is 3.42.